The SMILES string of the molecule is CCC(N)(CC)C(=O)NC1CC(C)(C)CC(C)(C)C1. The largest absolute Gasteiger partial charge is 0.352 e. The van der Waals surface area contributed by atoms with Gasteiger partial charge in [-0.3, -0.25) is 4.79 Å². The van der Waals surface area contributed by atoms with Crippen molar-refractivity contribution in [1.29, 1.82) is 0 Å². The van der Waals surface area contributed by atoms with E-state index < -0.39 is 5.54 Å². The third kappa shape index (κ3) is 4.20. The second kappa shape index (κ2) is 5.43. The summed E-state index contributed by atoms with van der Waals surface area (Å²) in [5.41, 5.74) is 6.05. The molecule has 0 atom stereocenters. The minimum atomic E-state index is -0.703. The molecule has 0 radical (unpaired) electrons. The Labute approximate surface area is 118 Å². The Hall–Kier alpha value is -0.570. The van der Waals surface area contributed by atoms with Crippen LogP contribution in [0.25, 0.3) is 0 Å². The van der Waals surface area contributed by atoms with E-state index in [0.717, 1.165) is 12.8 Å². The number of hydrogen-bond acceptors (Lipinski definition) is 2. The summed E-state index contributed by atoms with van der Waals surface area (Å²) in [5.74, 6) is 0.0241. The van der Waals surface area contributed by atoms with Crippen LogP contribution in [-0.2, 0) is 4.79 Å². The molecule has 0 bridgehead atoms. The molecule has 0 saturated heterocycles. The number of nitrogens with one attached hydrogen (secondary N) is 1. The van der Waals surface area contributed by atoms with E-state index in [0.29, 0.717) is 12.8 Å². The predicted octanol–water partition coefficient (Wildman–Crippen LogP) is 3.23. The minimum Gasteiger partial charge on any atom is -0.352 e. The van der Waals surface area contributed by atoms with E-state index in [9.17, 15) is 4.79 Å². The van der Waals surface area contributed by atoms with Crippen molar-refractivity contribution in [3.63, 3.8) is 0 Å². The molecular formula is C16H32N2O. The fraction of sp³-hybridized carbons (Fsp3) is 0.938. The topological polar surface area (TPSA) is 55.1 Å². The van der Waals surface area contributed by atoms with Crippen molar-refractivity contribution in [2.75, 3.05) is 0 Å². The molecule has 0 aliphatic heterocycles. The van der Waals surface area contributed by atoms with E-state index in [1.165, 1.54) is 6.42 Å². The third-order valence-corrected chi connectivity index (χ3v) is 4.60. The van der Waals surface area contributed by atoms with Crippen LogP contribution in [-0.4, -0.2) is 17.5 Å². The molecule has 0 aromatic carbocycles. The molecule has 1 rings (SSSR count). The highest BCUT2D eigenvalue weighted by molar-refractivity contribution is 5.86. The Morgan fingerprint density at radius 3 is 1.95 bits per heavy atom. The number of carbonyl (C=O) groups excluding carboxylic acids is 1. The first kappa shape index (κ1) is 16.5. The standard InChI is InChI=1S/C16H32N2O/c1-7-16(17,8-2)13(19)18-12-9-14(3,4)11-15(5,6)10-12/h12H,7-11,17H2,1-6H3,(H,18,19). The van der Waals surface area contributed by atoms with E-state index in [4.69, 9.17) is 5.73 Å². The van der Waals surface area contributed by atoms with Crippen LogP contribution in [0.4, 0.5) is 0 Å². The molecule has 1 aliphatic carbocycles. The van der Waals surface area contributed by atoms with Gasteiger partial charge in [0.05, 0.1) is 5.54 Å². The molecule has 1 saturated carbocycles. The molecule has 0 unspecified atom stereocenters. The van der Waals surface area contributed by atoms with Crippen LogP contribution in [0.15, 0.2) is 0 Å². The molecule has 3 N–H and O–H groups in total. The van der Waals surface area contributed by atoms with Gasteiger partial charge >= 0.3 is 0 Å². The van der Waals surface area contributed by atoms with Gasteiger partial charge in [-0.25, -0.2) is 0 Å². The Morgan fingerprint density at radius 2 is 1.58 bits per heavy atom. The van der Waals surface area contributed by atoms with Crippen molar-refractivity contribution in [2.24, 2.45) is 16.6 Å². The van der Waals surface area contributed by atoms with Crippen molar-refractivity contribution in [2.45, 2.75) is 85.2 Å². The maximum atomic E-state index is 12.4. The molecule has 0 aromatic rings. The monoisotopic (exact) mass is 268 g/mol. The molecule has 3 heteroatoms. The summed E-state index contributed by atoms with van der Waals surface area (Å²) >= 11 is 0. The van der Waals surface area contributed by atoms with Crippen molar-refractivity contribution in [3.8, 4) is 0 Å². The summed E-state index contributed by atoms with van der Waals surface area (Å²) in [6.45, 7) is 13.1. The van der Waals surface area contributed by atoms with Crippen LogP contribution in [0.1, 0.15) is 73.6 Å². The predicted molar refractivity (Wildman–Crippen MR) is 80.8 cm³/mol. The van der Waals surface area contributed by atoms with Crippen molar-refractivity contribution in [3.05, 3.63) is 0 Å². The fourth-order valence-electron chi connectivity index (χ4n) is 3.85. The summed E-state index contributed by atoms with van der Waals surface area (Å²) < 4.78 is 0. The zero-order valence-electron chi connectivity index (χ0n) is 13.6. The van der Waals surface area contributed by atoms with Crippen molar-refractivity contribution < 1.29 is 4.79 Å². The Balaban J connectivity index is 2.74. The molecule has 0 heterocycles. The second-order valence-electron chi connectivity index (χ2n) is 7.95. The van der Waals surface area contributed by atoms with Gasteiger partial charge < -0.3 is 11.1 Å². The van der Waals surface area contributed by atoms with E-state index in [2.05, 4.69) is 33.0 Å². The number of hydrogen-bond donors (Lipinski definition) is 2. The Kier molecular flexibility index (Phi) is 4.71. The van der Waals surface area contributed by atoms with Gasteiger partial charge in [-0.1, -0.05) is 41.5 Å². The molecule has 1 aliphatic rings. The van der Waals surface area contributed by atoms with Gasteiger partial charge in [0, 0.05) is 6.04 Å². The number of amides is 1. The molecule has 0 aromatic heterocycles. The number of nitrogens with two attached hydrogens (primary N) is 1. The smallest absolute Gasteiger partial charge is 0.240 e. The lowest BCUT2D eigenvalue weighted by Gasteiger charge is -2.45. The summed E-state index contributed by atoms with van der Waals surface area (Å²) in [5, 5.41) is 3.21. The lowest BCUT2D eigenvalue weighted by molar-refractivity contribution is -0.128. The van der Waals surface area contributed by atoms with Crippen LogP contribution in [0, 0.1) is 10.8 Å². The first-order chi connectivity index (χ1) is 8.53. The van der Waals surface area contributed by atoms with Crippen LogP contribution < -0.4 is 11.1 Å². The van der Waals surface area contributed by atoms with Gasteiger partial charge in [-0.05, 0) is 42.9 Å². The zero-order valence-corrected chi connectivity index (χ0v) is 13.6. The number of rotatable bonds is 4. The maximum absolute atomic E-state index is 12.4. The maximum Gasteiger partial charge on any atom is 0.240 e. The van der Waals surface area contributed by atoms with Gasteiger partial charge in [0.15, 0.2) is 0 Å². The van der Waals surface area contributed by atoms with Crippen LogP contribution in [0.5, 0.6) is 0 Å². The summed E-state index contributed by atoms with van der Waals surface area (Å²) in [4.78, 5) is 12.4. The quantitative estimate of drug-likeness (QED) is 0.822. The second-order valence-corrected chi connectivity index (χ2v) is 7.95. The van der Waals surface area contributed by atoms with E-state index in [-0.39, 0.29) is 22.8 Å². The molecular weight excluding hydrogens is 236 g/mol. The average Bonchev–Trinajstić information content (AvgIpc) is 2.23. The van der Waals surface area contributed by atoms with E-state index >= 15 is 0 Å². The Bertz CT molecular complexity index is 314. The lowest BCUT2D eigenvalue weighted by atomic mass is 9.63. The normalized spacial score (nSPS) is 23.1. The molecule has 19 heavy (non-hydrogen) atoms. The summed E-state index contributed by atoms with van der Waals surface area (Å²) in [6, 6.07) is 0.257. The molecule has 112 valence electrons. The van der Waals surface area contributed by atoms with Gasteiger partial charge in [0.2, 0.25) is 5.91 Å². The highest BCUT2D eigenvalue weighted by Crippen LogP contribution is 2.45. The van der Waals surface area contributed by atoms with Gasteiger partial charge in [0.1, 0.15) is 0 Å². The Morgan fingerprint density at radius 1 is 1.16 bits per heavy atom. The van der Waals surface area contributed by atoms with Crippen molar-refractivity contribution in [1.82, 2.24) is 5.32 Å². The van der Waals surface area contributed by atoms with Gasteiger partial charge in [-0.2, -0.15) is 0 Å². The van der Waals surface area contributed by atoms with Gasteiger partial charge in [-0.15, -0.1) is 0 Å². The van der Waals surface area contributed by atoms with Crippen LogP contribution in [0.3, 0.4) is 0 Å². The minimum absolute atomic E-state index is 0.0241. The molecule has 1 amide bonds. The zero-order chi connectivity index (χ0) is 14.9. The molecule has 1 fully saturated rings. The third-order valence-electron chi connectivity index (χ3n) is 4.60. The summed E-state index contributed by atoms with van der Waals surface area (Å²) in [7, 11) is 0. The van der Waals surface area contributed by atoms with Crippen LogP contribution in [0.2, 0.25) is 0 Å². The van der Waals surface area contributed by atoms with E-state index in [1.807, 2.05) is 13.8 Å². The summed E-state index contributed by atoms with van der Waals surface area (Å²) in [6.07, 6.45) is 4.68. The molecule has 0 spiro atoms. The van der Waals surface area contributed by atoms with E-state index in [1.54, 1.807) is 0 Å². The van der Waals surface area contributed by atoms with Crippen molar-refractivity contribution >= 4 is 5.91 Å². The fourth-order valence-corrected chi connectivity index (χ4v) is 3.85. The first-order valence-electron chi connectivity index (χ1n) is 7.63. The van der Waals surface area contributed by atoms with Crippen LogP contribution >= 0.6 is 0 Å². The number of carbonyl (C=O) groups is 1. The lowest BCUT2D eigenvalue weighted by Crippen LogP contribution is -2.57. The average molecular weight is 268 g/mol. The van der Waals surface area contributed by atoms with Gasteiger partial charge in [0.25, 0.3) is 0 Å². The highest BCUT2D eigenvalue weighted by atomic mass is 16.2. The highest BCUT2D eigenvalue weighted by Gasteiger charge is 2.40. The first-order valence-corrected chi connectivity index (χ1v) is 7.63. The molecule has 3 nitrogen and oxygen atoms in total.